The number of carbonyl (C=O) groups excluding carboxylic acids is 2. The van der Waals surface area contributed by atoms with Gasteiger partial charge in [0.1, 0.15) is 11.5 Å². The first-order valence-electron chi connectivity index (χ1n) is 8.61. The topological polar surface area (TPSA) is 52.6 Å². The van der Waals surface area contributed by atoms with Gasteiger partial charge in [-0.15, -0.1) is 0 Å². The maximum Gasteiger partial charge on any atom is 0.416 e. The highest BCUT2D eigenvalue weighted by Gasteiger charge is 2.65. The first-order chi connectivity index (χ1) is 13.2. The molecule has 8 heteroatoms. The fraction of sp³-hybridized carbons (Fsp3) is 0.300. The van der Waals surface area contributed by atoms with E-state index in [1.807, 2.05) is 0 Å². The average Bonchev–Trinajstić information content (AvgIpc) is 3.31. The van der Waals surface area contributed by atoms with Crippen LogP contribution in [0, 0.1) is 11.8 Å². The molecule has 28 heavy (non-hydrogen) atoms. The minimum Gasteiger partial charge on any atom is -0.466 e. The maximum atomic E-state index is 12.7. The van der Waals surface area contributed by atoms with Crippen molar-refractivity contribution in [2.24, 2.45) is 11.8 Å². The zero-order valence-electron chi connectivity index (χ0n) is 14.5. The molecule has 4 nitrogen and oxygen atoms in total. The third-order valence-corrected chi connectivity index (χ3v) is 5.31. The number of ether oxygens (including phenoxy) is 2. The molecule has 2 aliphatic rings. The van der Waals surface area contributed by atoms with E-state index in [1.54, 1.807) is 19.1 Å². The minimum absolute atomic E-state index is 0.0506. The SMILES string of the molecule is CCOC(=O)[C@@H]1C2c3ccc(Oc4ccc(C(F)(F)F)cc4Cl)cc3C(=O)[C@H]21. The third-order valence-electron chi connectivity index (χ3n) is 5.02. The summed E-state index contributed by atoms with van der Waals surface area (Å²) in [4.78, 5) is 24.5. The van der Waals surface area contributed by atoms with E-state index in [0.717, 1.165) is 23.8 Å². The summed E-state index contributed by atoms with van der Waals surface area (Å²) in [6, 6.07) is 7.62. The van der Waals surface area contributed by atoms with Crippen LogP contribution in [0.15, 0.2) is 36.4 Å². The van der Waals surface area contributed by atoms with Crippen molar-refractivity contribution in [1.82, 2.24) is 0 Å². The highest BCUT2D eigenvalue weighted by molar-refractivity contribution is 6.32. The van der Waals surface area contributed by atoms with Gasteiger partial charge < -0.3 is 9.47 Å². The summed E-state index contributed by atoms with van der Waals surface area (Å²) in [7, 11) is 0. The van der Waals surface area contributed by atoms with E-state index >= 15 is 0 Å². The first kappa shape index (κ1) is 18.8. The Labute approximate surface area is 163 Å². The van der Waals surface area contributed by atoms with Crippen molar-refractivity contribution in [3.05, 3.63) is 58.1 Å². The van der Waals surface area contributed by atoms with Gasteiger partial charge in [-0.05, 0) is 42.8 Å². The van der Waals surface area contributed by atoms with Crippen molar-refractivity contribution in [3.8, 4) is 11.5 Å². The lowest BCUT2D eigenvalue weighted by Gasteiger charge is -2.13. The van der Waals surface area contributed by atoms with Crippen molar-refractivity contribution in [2.45, 2.75) is 19.0 Å². The summed E-state index contributed by atoms with van der Waals surface area (Å²) in [5.74, 6) is -1.20. The maximum absolute atomic E-state index is 12.7. The Hall–Kier alpha value is -2.54. The monoisotopic (exact) mass is 410 g/mol. The predicted molar refractivity (Wildman–Crippen MR) is 93.7 cm³/mol. The fourth-order valence-corrected chi connectivity index (χ4v) is 3.94. The van der Waals surface area contributed by atoms with Gasteiger partial charge >= 0.3 is 12.1 Å². The molecule has 0 aromatic heterocycles. The predicted octanol–water partition coefficient (Wildman–Crippen LogP) is 5.24. The highest BCUT2D eigenvalue weighted by Crippen LogP contribution is 2.62. The Morgan fingerprint density at radius 2 is 1.89 bits per heavy atom. The summed E-state index contributed by atoms with van der Waals surface area (Å²) in [6.45, 7) is 1.97. The number of benzene rings is 2. The lowest BCUT2D eigenvalue weighted by molar-refractivity contribution is -0.145. The van der Waals surface area contributed by atoms with Gasteiger partial charge in [0, 0.05) is 17.4 Å². The summed E-state index contributed by atoms with van der Waals surface area (Å²) in [5, 5.41) is -0.188. The molecule has 1 fully saturated rings. The number of esters is 1. The second kappa shape index (κ2) is 6.51. The molecule has 2 aromatic carbocycles. The molecule has 146 valence electrons. The van der Waals surface area contributed by atoms with Gasteiger partial charge in [-0.2, -0.15) is 13.2 Å². The molecule has 2 aromatic rings. The second-order valence-electron chi connectivity index (χ2n) is 6.69. The molecule has 1 saturated carbocycles. The standard InChI is InChI=1S/C20H14ClF3O4/c1-2-27-19(26)17-15-11-5-4-10(8-12(11)18(25)16(15)17)28-14-6-3-9(7-13(14)21)20(22,23)24/h3-8,15-17H,2H2,1H3/t15?,16-,17-/m1/s1. The number of Topliss-reactive ketones (excluding diaryl/α,β-unsaturated/α-hetero) is 1. The fourth-order valence-electron chi connectivity index (χ4n) is 3.73. The van der Waals surface area contributed by atoms with Gasteiger partial charge in [0.2, 0.25) is 0 Å². The summed E-state index contributed by atoms with van der Waals surface area (Å²) < 4.78 is 48.8. The van der Waals surface area contributed by atoms with Crippen LogP contribution in [0.2, 0.25) is 5.02 Å². The first-order valence-corrected chi connectivity index (χ1v) is 8.99. The van der Waals surface area contributed by atoms with E-state index in [1.165, 1.54) is 6.07 Å². The number of carbonyl (C=O) groups is 2. The van der Waals surface area contributed by atoms with Crippen molar-refractivity contribution < 1.29 is 32.2 Å². The van der Waals surface area contributed by atoms with Gasteiger partial charge in [0.05, 0.1) is 23.1 Å². The highest BCUT2D eigenvalue weighted by atomic mass is 35.5. The van der Waals surface area contributed by atoms with Crippen LogP contribution < -0.4 is 4.74 Å². The Balaban J connectivity index is 1.55. The zero-order chi connectivity index (χ0) is 20.2. The van der Waals surface area contributed by atoms with Crippen LogP contribution in [-0.2, 0) is 15.7 Å². The van der Waals surface area contributed by atoms with Crippen molar-refractivity contribution in [3.63, 3.8) is 0 Å². The molecule has 0 radical (unpaired) electrons. The summed E-state index contributed by atoms with van der Waals surface area (Å²) in [5.41, 5.74) is 0.342. The number of fused-ring (bicyclic) bond motifs is 3. The smallest absolute Gasteiger partial charge is 0.416 e. The average molecular weight is 411 g/mol. The molecule has 0 N–H and O–H groups in total. The molecule has 0 bridgehead atoms. The molecule has 1 unspecified atom stereocenters. The Morgan fingerprint density at radius 3 is 2.54 bits per heavy atom. The van der Waals surface area contributed by atoms with Crippen LogP contribution in [0.3, 0.4) is 0 Å². The minimum atomic E-state index is -4.50. The molecule has 0 saturated heterocycles. The number of alkyl halides is 3. The lowest BCUT2D eigenvalue weighted by Crippen LogP contribution is -2.14. The van der Waals surface area contributed by atoms with Crippen molar-refractivity contribution in [1.29, 1.82) is 0 Å². The van der Waals surface area contributed by atoms with Crippen LogP contribution in [0.4, 0.5) is 13.2 Å². The Bertz CT molecular complexity index is 986. The molecule has 0 aliphatic heterocycles. The summed E-state index contributed by atoms with van der Waals surface area (Å²) in [6.07, 6.45) is -4.50. The number of hydrogen-bond acceptors (Lipinski definition) is 4. The van der Waals surface area contributed by atoms with E-state index in [9.17, 15) is 22.8 Å². The zero-order valence-corrected chi connectivity index (χ0v) is 15.3. The number of ketones is 1. The molecule has 2 aliphatic carbocycles. The Kier molecular flexibility index (Phi) is 4.38. The van der Waals surface area contributed by atoms with Crippen LogP contribution >= 0.6 is 11.6 Å². The van der Waals surface area contributed by atoms with E-state index in [-0.39, 0.29) is 40.8 Å². The van der Waals surface area contributed by atoms with E-state index in [4.69, 9.17) is 21.1 Å². The largest absolute Gasteiger partial charge is 0.466 e. The van der Waals surface area contributed by atoms with E-state index in [0.29, 0.717) is 5.56 Å². The Morgan fingerprint density at radius 1 is 1.14 bits per heavy atom. The normalized spacial score (nSPS) is 22.5. The molecular formula is C20H14ClF3O4. The summed E-state index contributed by atoms with van der Waals surface area (Å²) >= 11 is 5.90. The molecular weight excluding hydrogens is 397 g/mol. The van der Waals surface area contributed by atoms with E-state index < -0.39 is 23.6 Å². The quantitative estimate of drug-likeness (QED) is 0.647. The van der Waals surface area contributed by atoms with Gasteiger partial charge in [-0.25, -0.2) is 0 Å². The van der Waals surface area contributed by atoms with Gasteiger partial charge in [0.25, 0.3) is 0 Å². The van der Waals surface area contributed by atoms with E-state index in [2.05, 4.69) is 0 Å². The van der Waals surface area contributed by atoms with Gasteiger partial charge in [-0.1, -0.05) is 17.7 Å². The van der Waals surface area contributed by atoms with Gasteiger partial charge in [0.15, 0.2) is 5.78 Å². The third kappa shape index (κ3) is 3.03. The lowest BCUT2D eigenvalue weighted by atomic mass is 10.0. The molecule has 0 amide bonds. The molecule has 0 heterocycles. The number of rotatable bonds is 4. The van der Waals surface area contributed by atoms with Crippen LogP contribution in [0.5, 0.6) is 11.5 Å². The molecule has 0 spiro atoms. The van der Waals surface area contributed by atoms with Crippen molar-refractivity contribution >= 4 is 23.4 Å². The van der Waals surface area contributed by atoms with Crippen LogP contribution in [-0.4, -0.2) is 18.4 Å². The van der Waals surface area contributed by atoms with Crippen molar-refractivity contribution in [2.75, 3.05) is 6.61 Å². The van der Waals surface area contributed by atoms with Crippen LogP contribution in [0.1, 0.15) is 34.3 Å². The molecule has 3 atom stereocenters. The molecule has 4 rings (SSSR count). The van der Waals surface area contributed by atoms with Crippen LogP contribution in [0.25, 0.3) is 0 Å². The number of hydrogen-bond donors (Lipinski definition) is 0. The second-order valence-corrected chi connectivity index (χ2v) is 7.09. The van der Waals surface area contributed by atoms with Gasteiger partial charge in [-0.3, -0.25) is 9.59 Å². The number of halogens is 4.